The van der Waals surface area contributed by atoms with E-state index in [1.54, 1.807) is 7.05 Å². The summed E-state index contributed by atoms with van der Waals surface area (Å²) in [5.74, 6) is -0.989. The van der Waals surface area contributed by atoms with Crippen molar-refractivity contribution in [2.75, 3.05) is 13.6 Å². The van der Waals surface area contributed by atoms with Gasteiger partial charge in [0.2, 0.25) is 0 Å². The van der Waals surface area contributed by atoms with Crippen LogP contribution in [0.2, 0.25) is 0 Å². The molecule has 0 atom stereocenters. The van der Waals surface area contributed by atoms with Crippen LogP contribution in [0.5, 0.6) is 0 Å². The number of carbonyl (C=O) groups is 2. The summed E-state index contributed by atoms with van der Waals surface area (Å²) in [7, 11) is 1.65. The van der Waals surface area contributed by atoms with Crippen LogP contribution in [0.3, 0.4) is 0 Å². The molecule has 2 aromatic rings. The van der Waals surface area contributed by atoms with Crippen molar-refractivity contribution in [3.05, 3.63) is 46.3 Å². The highest BCUT2D eigenvalue weighted by atomic mass is 32.1. The molecule has 0 bridgehead atoms. The van der Waals surface area contributed by atoms with Gasteiger partial charge in [-0.05, 0) is 35.6 Å². The highest BCUT2D eigenvalue weighted by molar-refractivity contribution is 7.17. The van der Waals surface area contributed by atoms with Crippen molar-refractivity contribution in [2.45, 2.75) is 19.3 Å². The molecule has 0 aliphatic heterocycles. The second kappa shape index (κ2) is 5.93. The molecule has 0 unspecified atom stereocenters. The van der Waals surface area contributed by atoms with Crippen molar-refractivity contribution in [3.63, 3.8) is 0 Å². The van der Waals surface area contributed by atoms with E-state index in [4.69, 9.17) is 5.11 Å². The Morgan fingerprint density at radius 2 is 1.95 bits per heavy atom. The molecule has 3 rings (SSSR count). The fraction of sp³-hybridized carbons (Fsp3) is 0.294. The predicted molar refractivity (Wildman–Crippen MR) is 86.4 cm³/mol. The van der Waals surface area contributed by atoms with Crippen molar-refractivity contribution >= 4 is 23.2 Å². The minimum absolute atomic E-state index is 0.0316. The molecule has 1 aliphatic rings. The van der Waals surface area contributed by atoms with Crippen molar-refractivity contribution < 1.29 is 14.7 Å². The Balaban J connectivity index is 1.85. The van der Waals surface area contributed by atoms with E-state index in [-0.39, 0.29) is 18.9 Å². The number of aliphatic carboxylic acids is 1. The Morgan fingerprint density at radius 3 is 2.73 bits per heavy atom. The molecule has 1 amide bonds. The minimum Gasteiger partial charge on any atom is -0.481 e. The van der Waals surface area contributed by atoms with Crippen LogP contribution in [0.15, 0.2) is 30.3 Å². The van der Waals surface area contributed by atoms with Gasteiger partial charge in [0, 0.05) is 18.5 Å². The van der Waals surface area contributed by atoms with Gasteiger partial charge in [-0.3, -0.25) is 9.59 Å². The molecule has 5 heteroatoms. The predicted octanol–water partition coefficient (Wildman–Crippen LogP) is 3.06. The first-order chi connectivity index (χ1) is 10.6. The lowest BCUT2D eigenvalue weighted by Crippen LogP contribution is -2.28. The highest BCUT2D eigenvalue weighted by Crippen LogP contribution is 2.39. The minimum atomic E-state index is -0.890. The summed E-state index contributed by atoms with van der Waals surface area (Å²) < 4.78 is 0. The molecule has 114 valence electrons. The summed E-state index contributed by atoms with van der Waals surface area (Å²) in [4.78, 5) is 26.4. The Labute approximate surface area is 133 Å². The number of carboxylic acids is 1. The third-order valence-electron chi connectivity index (χ3n) is 3.95. The van der Waals surface area contributed by atoms with Crippen LogP contribution in [-0.2, 0) is 17.6 Å². The van der Waals surface area contributed by atoms with Crippen LogP contribution in [-0.4, -0.2) is 35.5 Å². The number of fused-ring (bicyclic) bond motifs is 3. The van der Waals surface area contributed by atoms with Crippen LogP contribution in [0.1, 0.15) is 27.2 Å². The summed E-state index contributed by atoms with van der Waals surface area (Å²) in [5, 5.41) is 8.72. The summed E-state index contributed by atoms with van der Waals surface area (Å²) in [6.45, 7) is 0.229. The Morgan fingerprint density at radius 1 is 1.23 bits per heavy atom. The third kappa shape index (κ3) is 2.76. The molecule has 1 aliphatic carbocycles. The lowest BCUT2D eigenvalue weighted by atomic mass is 9.91. The zero-order valence-electron chi connectivity index (χ0n) is 12.3. The van der Waals surface area contributed by atoms with Crippen molar-refractivity contribution in [2.24, 2.45) is 0 Å². The largest absolute Gasteiger partial charge is 0.481 e. The number of rotatable bonds is 4. The number of thiophene rings is 1. The van der Waals surface area contributed by atoms with Gasteiger partial charge in [0.25, 0.3) is 5.91 Å². The van der Waals surface area contributed by atoms with Crippen LogP contribution in [0, 0.1) is 0 Å². The van der Waals surface area contributed by atoms with E-state index in [0.29, 0.717) is 4.88 Å². The SMILES string of the molecule is CN(CCC(=O)O)C(=O)c1cc2c(s1)-c1ccccc1CC2. The third-order valence-corrected chi connectivity index (χ3v) is 5.15. The van der Waals surface area contributed by atoms with Crippen molar-refractivity contribution in [3.8, 4) is 10.4 Å². The van der Waals surface area contributed by atoms with Gasteiger partial charge in [0.05, 0.1) is 11.3 Å². The first-order valence-electron chi connectivity index (χ1n) is 7.24. The highest BCUT2D eigenvalue weighted by Gasteiger charge is 2.22. The topological polar surface area (TPSA) is 57.6 Å². The zero-order valence-corrected chi connectivity index (χ0v) is 13.2. The van der Waals surface area contributed by atoms with Gasteiger partial charge in [0.1, 0.15) is 0 Å². The van der Waals surface area contributed by atoms with Crippen molar-refractivity contribution in [1.29, 1.82) is 0 Å². The number of hydrogen-bond donors (Lipinski definition) is 1. The lowest BCUT2D eigenvalue weighted by Gasteiger charge is -2.15. The van der Waals surface area contributed by atoms with Gasteiger partial charge >= 0.3 is 5.97 Å². The Hall–Kier alpha value is -2.14. The zero-order chi connectivity index (χ0) is 15.7. The maximum Gasteiger partial charge on any atom is 0.305 e. The molecule has 0 radical (unpaired) electrons. The maximum atomic E-state index is 12.4. The lowest BCUT2D eigenvalue weighted by molar-refractivity contribution is -0.137. The van der Waals surface area contributed by atoms with Crippen molar-refractivity contribution in [1.82, 2.24) is 4.90 Å². The molecule has 0 fully saturated rings. The van der Waals surface area contributed by atoms with E-state index in [0.717, 1.165) is 12.8 Å². The number of nitrogens with zero attached hydrogens (tertiary/aromatic N) is 1. The second-order valence-electron chi connectivity index (χ2n) is 5.49. The molecule has 1 heterocycles. The summed E-state index contributed by atoms with van der Waals surface area (Å²) in [5.41, 5.74) is 3.77. The summed E-state index contributed by atoms with van der Waals surface area (Å²) in [6, 6.07) is 10.3. The first kappa shape index (κ1) is 14.8. The van der Waals surface area contributed by atoms with Crippen LogP contribution < -0.4 is 0 Å². The second-order valence-corrected chi connectivity index (χ2v) is 6.54. The Kier molecular flexibility index (Phi) is 3.98. The van der Waals surface area contributed by atoms with Gasteiger partial charge in [-0.1, -0.05) is 24.3 Å². The van der Waals surface area contributed by atoms with E-state index < -0.39 is 5.97 Å². The molecular formula is C17H17NO3S. The number of amides is 1. The smallest absolute Gasteiger partial charge is 0.305 e. The van der Waals surface area contributed by atoms with E-state index in [1.165, 1.54) is 37.8 Å². The van der Waals surface area contributed by atoms with Crippen LogP contribution >= 0.6 is 11.3 Å². The molecule has 1 aromatic heterocycles. The monoisotopic (exact) mass is 315 g/mol. The Bertz CT molecular complexity index is 735. The van der Waals surface area contributed by atoms with Gasteiger partial charge < -0.3 is 10.0 Å². The number of carbonyl (C=O) groups excluding carboxylic acids is 1. The molecule has 4 nitrogen and oxygen atoms in total. The number of hydrogen-bond acceptors (Lipinski definition) is 3. The first-order valence-corrected chi connectivity index (χ1v) is 8.06. The fourth-order valence-corrected chi connectivity index (χ4v) is 4.00. The molecule has 22 heavy (non-hydrogen) atoms. The van der Waals surface area contributed by atoms with E-state index >= 15 is 0 Å². The standard InChI is InChI=1S/C17H17NO3S/c1-18(9-8-15(19)20)17(21)14-10-12-7-6-11-4-2-3-5-13(11)16(12)22-14/h2-5,10H,6-9H2,1H3,(H,19,20). The van der Waals surface area contributed by atoms with Gasteiger partial charge in [-0.2, -0.15) is 0 Å². The summed E-state index contributed by atoms with van der Waals surface area (Å²) >= 11 is 1.51. The fourth-order valence-electron chi connectivity index (χ4n) is 2.73. The maximum absolute atomic E-state index is 12.4. The summed E-state index contributed by atoms with van der Waals surface area (Å²) in [6.07, 6.45) is 1.92. The molecule has 1 N–H and O–H groups in total. The average molecular weight is 315 g/mol. The number of benzene rings is 1. The van der Waals surface area contributed by atoms with Gasteiger partial charge in [-0.15, -0.1) is 11.3 Å². The molecule has 1 aromatic carbocycles. The van der Waals surface area contributed by atoms with E-state index in [2.05, 4.69) is 12.1 Å². The van der Waals surface area contributed by atoms with Crippen LogP contribution in [0.25, 0.3) is 10.4 Å². The normalized spacial score (nSPS) is 12.4. The molecule has 0 saturated carbocycles. The molecular weight excluding hydrogens is 298 g/mol. The molecule has 0 spiro atoms. The van der Waals surface area contributed by atoms with Gasteiger partial charge in [-0.25, -0.2) is 0 Å². The quantitative estimate of drug-likeness (QED) is 0.943. The number of aryl methyl sites for hydroxylation is 2. The number of carboxylic acid groups (broad SMARTS) is 1. The van der Waals surface area contributed by atoms with Gasteiger partial charge in [0.15, 0.2) is 0 Å². The average Bonchev–Trinajstić information content (AvgIpc) is 2.96. The molecule has 0 saturated heterocycles. The van der Waals surface area contributed by atoms with Crippen LogP contribution in [0.4, 0.5) is 0 Å². The van der Waals surface area contributed by atoms with E-state index in [9.17, 15) is 9.59 Å². The van der Waals surface area contributed by atoms with E-state index in [1.807, 2.05) is 18.2 Å².